The molecule has 0 bridgehead atoms. The van der Waals surface area contributed by atoms with Crippen LogP contribution in [-0.2, 0) is 11.2 Å². The zero-order chi connectivity index (χ0) is 25.5. The molecule has 1 fully saturated rings. The van der Waals surface area contributed by atoms with E-state index >= 15 is 0 Å². The first-order valence-electron chi connectivity index (χ1n) is 12.5. The van der Waals surface area contributed by atoms with Gasteiger partial charge in [0.15, 0.2) is 0 Å². The fourth-order valence-electron chi connectivity index (χ4n) is 5.19. The summed E-state index contributed by atoms with van der Waals surface area (Å²) < 4.78 is 5.34. The van der Waals surface area contributed by atoms with E-state index in [1.807, 2.05) is 23.7 Å². The minimum atomic E-state index is -0.881. The van der Waals surface area contributed by atoms with Gasteiger partial charge in [-0.15, -0.1) is 11.3 Å². The number of likely N-dealkylation sites (tertiary alicyclic amines) is 1. The number of hydroxylamine groups is 1. The molecule has 9 heteroatoms. The van der Waals surface area contributed by atoms with Gasteiger partial charge in [0.2, 0.25) is 5.91 Å². The molecule has 1 atom stereocenters. The molecule has 0 aliphatic carbocycles. The number of thiophene rings is 1. The molecule has 1 aliphatic rings. The average molecular weight is 532 g/mol. The number of benzene rings is 1. The Morgan fingerprint density at radius 3 is 2.81 bits per heavy atom. The second-order valence-electron chi connectivity index (χ2n) is 9.56. The van der Waals surface area contributed by atoms with Gasteiger partial charge >= 0.3 is 0 Å². The highest BCUT2D eigenvalue weighted by molar-refractivity contribution is 7.09. The van der Waals surface area contributed by atoms with Crippen LogP contribution in [0.25, 0.3) is 10.9 Å². The lowest BCUT2D eigenvalue weighted by molar-refractivity contribution is -0.143. The number of hydrogen-bond donors (Lipinski definition) is 3. The van der Waals surface area contributed by atoms with Crippen molar-refractivity contribution < 1.29 is 19.8 Å². The molecular weight excluding hydrogens is 498 g/mol. The zero-order valence-electron chi connectivity index (χ0n) is 20.6. The Kier molecular flexibility index (Phi) is 9.19. The summed E-state index contributed by atoms with van der Waals surface area (Å²) in [5.74, 6) is 0.276. The summed E-state index contributed by atoms with van der Waals surface area (Å²) in [7, 11) is 1.59. The van der Waals surface area contributed by atoms with Crippen molar-refractivity contribution >= 4 is 39.7 Å². The first kappa shape index (κ1) is 26.8. The van der Waals surface area contributed by atoms with Crippen LogP contribution in [-0.4, -0.2) is 52.8 Å². The lowest BCUT2D eigenvalue weighted by Crippen LogP contribution is -2.48. The minimum absolute atomic E-state index is 0.338. The third-order valence-electron chi connectivity index (χ3n) is 7.42. The van der Waals surface area contributed by atoms with E-state index in [0.717, 1.165) is 44.3 Å². The number of methoxy groups -OCH3 is 1. The first-order chi connectivity index (χ1) is 17.5. The maximum absolute atomic E-state index is 12.8. The van der Waals surface area contributed by atoms with Crippen LogP contribution in [0.4, 0.5) is 0 Å². The minimum Gasteiger partial charge on any atom is -0.497 e. The maximum Gasteiger partial charge on any atom is 0.249 e. The van der Waals surface area contributed by atoms with Crippen LogP contribution in [0.3, 0.4) is 0 Å². The molecule has 0 saturated carbocycles. The number of aromatic nitrogens is 1. The van der Waals surface area contributed by atoms with Gasteiger partial charge < -0.3 is 14.7 Å². The highest BCUT2D eigenvalue weighted by Crippen LogP contribution is 2.41. The second-order valence-corrected chi connectivity index (χ2v) is 11.0. The number of nitrogens with one attached hydrogen (secondary N) is 1. The summed E-state index contributed by atoms with van der Waals surface area (Å²) in [5, 5.41) is 23.9. The Balaban J connectivity index is 1.38. The lowest BCUT2D eigenvalue weighted by atomic mass is 9.73. The summed E-state index contributed by atoms with van der Waals surface area (Å²) in [6.07, 6.45) is 6.09. The van der Waals surface area contributed by atoms with Gasteiger partial charge in [-0.25, -0.2) is 5.48 Å². The van der Waals surface area contributed by atoms with Crippen molar-refractivity contribution in [3.8, 4) is 5.75 Å². The van der Waals surface area contributed by atoms with E-state index in [0.29, 0.717) is 47.5 Å². The number of aryl methyl sites for hydroxylation is 1. The third kappa shape index (κ3) is 6.18. The number of hydrogen-bond acceptors (Lipinski definition) is 7. The number of amides is 1. The summed E-state index contributed by atoms with van der Waals surface area (Å²) in [6.45, 7) is 2.59. The number of carbonyl (C=O) groups is 1. The molecular formula is C27H34ClN3O4S. The Morgan fingerprint density at radius 1 is 1.31 bits per heavy atom. The highest BCUT2D eigenvalue weighted by atomic mass is 35.5. The number of aliphatic hydroxyl groups excluding tert-OH is 1. The number of halogens is 1. The average Bonchev–Trinajstić information content (AvgIpc) is 3.43. The van der Waals surface area contributed by atoms with Crippen LogP contribution < -0.4 is 10.2 Å². The molecule has 0 unspecified atom stereocenters. The third-order valence-corrected chi connectivity index (χ3v) is 8.66. The van der Waals surface area contributed by atoms with Gasteiger partial charge in [-0.1, -0.05) is 17.7 Å². The van der Waals surface area contributed by atoms with Crippen LogP contribution in [0.2, 0.25) is 5.02 Å². The van der Waals surface area contributed by atoms with Gasteiger partial charge in [0.1, 0.15) is 5.75 Å². The molecule has 7 nitrogen and oxygen atoms in total. The molecule has 1 amide bonds. The van der Waals surface area contributed by atoms with Crippen molar-refractivity contribution in [2.45, 2.75) is 51.0 Å². The van der Waals surface area contributed by atoms with Crippen molar-refractivity contribution in [3.05, 3.63) is 57.4 Å². The Labute approximate surface area is 221 Å². The van der Waals surface area contributed by atoms with Gasteiger partial charge in [-0.2, -0.15) is 0 Å². The predicted octanol–water partition coefficient (Wildman–Crippen LogP) is 5.38. The molecule has 194 valence electrons. The number of nitrogens with zero attached hydrogens (tertiary/aromatic N) is 2. The number of unbranched alkanes of at least 4 members (excludes halogenated alkanes) is 1. The van der Waals surface area contributed by atoms with Gasteiger partial charge in [-0.05, 0) is 94.2 Å². The van der Waals surface area contributed by atoms with E-state index < -0.39 is 11.5 Å². The molecule has 1 aromatic carbocycles. The first-order valence-corrected chi connectivity index (χ1v) is 13.7. The van der Waals surface area contributed by atoms with E-state index in [1.54, 1.807) is 24.6 Å². The number of carbonyl (C=O) groups excluding carboxylic acids is 1. The zero-order valence-corrected chi connectivity index (χ0v) is 22.2. The van der Waals surface area contributed by atoms with Crippen LogP contribution in [0.15, 0.2) is 41.9 Å². The van der Waals surface area contributed by atoms with E-state index in [-0.39, 0.29) is 5.91 Å². The molecule has 3 aromatic rings. The van der Waals surface area contributed by atoms with Crippen molar-refractivity contribution in [1.29, 1.82) is 0 Å². The SMILES string of the molecule is COc1ccc2ncc(Cl)c([C@H](O)CCC3(C(=O)NO)CCN(CCCCc4cccs4)CC3)c2c1. The number of piperidine rings is 1. The molecule has 2 aromatic heterocycles. The molecule has 1 saturated heterocycles. The number of ether oxygens (including phenoxy) is 1. The van der Waals surface area contributed by atoms with Crippen LogP contribution >= 0.6 is 22.9 Å². The topological polar surface area (TPSA) is 94.9 Å². The normalized spacial score (nSPS) is 16.7. The number of rotatable bonds is 11. The fourth-order valence-corrected chi connectivity index (χ4v) is 6.22. The van der Waals surface area contributed by atoms with Crippen molar-refractivity contribution in [1.82, 2.24) is 15.4 Å². The highest BCUT2D eigenvalue weighted by Gasteiger charge is 2.41. The van der Waals surface area contributed by atoms with Gasteiger partial charge in [-0.3, -0.25) is 15.0 Å². The maximum atomic E-state index is 12.8. The monoisotopic (exact) mass is 531 g/mol. The predicted molar refractivity (Wildman–Crippen MR) is 143 cm³/mol. The Bertz CT molecular complexity index is 1150. The van der Waals surface area contributed by atoms with Crippen LogP contribution in [0.1, 0.15) is 55.1 Å². The number of fused-ring (bicyclic) bond motifs is 1. The summed E-state index contributed by atoms with van der Waals surface area (Å²) in [5.41, 5.74) is 2.46. The molecule has 36 heavy (non-hydrogen) atoms. The standard InChI is InChI=1S/C27H34ClN3O4S/c1-35-19-7-8-23-21(17-19)25(22(28)18-29-23)24(32)9-10-27(26(33)30-34)11-14-31(15-12-27)13-3-2-5-20-6-4-16-36-20/h4,6-8,16-18,24,32,34H,2-3,5,9-15H2,1H3,(H,30,33)/t24-/m1/s1. The van der Waals surface area contributed by atoms with E-state index in [1.165, 1.54) is 4.88 Å². The quantitative estimate of drug-likeness (QED) is 0.175. The summed E-state index contributed by atoms with van der Waals surface area (Å²) >= 11 is 8.27. The van der Waals surface area contributed by atoms with Gasteiger partial charge in [0, 0.05) is 22.0 Å². The lowest BCUT2D eigenvalue weighted by Gasteiger charge is -2.40. The summed E-state index contributed by atoms with van der Waals surface area (Å²) in [6, 6.07) is 9.74. The number of aliphatic hydroxyl groups is 1. The molecule has 0 radical (unpaired) electrons. The van der Waals surface area contributed by atoms with E-state index in [2.05, 4.69) is 27.4 Å². The van der Waals surface area contributed by atoms with E-state index in [4.69, 9.17) is 16.3 Å². The smallest absolute Gasteiger partial charge is 0.249 e. The molecule has 3 N–H and O–H groups in total. The van der Waals surface area contributed by atoms with Crippen molar-refractivity contribution in [2.24, 2.45) is 5.41 Å². The van der Waals surface area contributed by atoms with Gasteiger partial charge in [0.05, 0.1) is 29.2 Å². The largest absolute Gasteiger partial charge is 0.497 e. The van der Waals surface area contributed by atoms with Gasteiger partial charge in [0.25, 0.3) is 0 Å². The molecule has 1 aliphatic heterocycles. The Morgan fingerprint density at radius 2 is 2.11 bits per heavy atom. The molecule has 4 rings (SSSR count). The van der Waals surface area contributed by atoms with Crippen molar-refractivity contribution in [3.63, 3.8) is 0 Å². The molecule has 3 heterocycles. The second kappa shape index (κ2) is 12.3. The Hall–Kier alpha value is -2.23. The fraction of sp³-hybridized carbons (Fsp3) is 0.481. The van der Waals surface area contributed by atoms with Crippen molar-refractivity contribution in [2.75, 3.05) is 26.7 Å². The van der Waals surface area contributed by atoms with Crippen LogP contribution in [0, 0.1) is 5.41 Å². The number of pyridine rings is 1. The van der Waals surface area contributed by atoms with Crippen LogP contribution in [0.5, 0.6) is 5.75 Å². The van der Waals surface area contributed by atoms with E-state index in [9.17, 15) is 15.1 Å². The molecule has 0 spiro atoms. The summed E-state index contributed by atoms with van der Waals surface area (Å²) in [4.78, 5) is 21.0.